The second-order valence-electron chi connectivity index (χ2n) is 10.4. The van der Waals surface area contributed by atoms with Crippen molar-refractivity contribution in [1.29, 1.82) is 0 Å². The zero-order valence-electron chi connectivity index (χ0n) is 19.7. The van der Waals surface area contributed by atoms with Crippen molar-refractivity contribution in [2.75, 3.05) is 11.4 Å². The molecule has 7 nitrogen and oxygen atoms in total. The van der Waals surface area contributed by atoms with Crippen LogP contribution in [0, 0.1) is 36.5 Å². The lowest BCUT2D eigenvalue weighted by Gasteiger charge is -2.20. The van der Waals surface area contributed by atoms with Gasteiger partial charge in [0, 0.05) is 19.5 Å². The smallest absolute Gasteiger partial charge is 0.316 e. The quantitative estimate of drug-likeness (QED) is 0.378. The number of carbonyl (C=O) groups is 4. The number of amides is 3. The molecule has 2 saturated carbocycles. The highest BCUT2D eigenvalue weighted by molar-refractivity contribution is 6.23. The number of hydrogen-bond acceptors (Lipinski definition) is 5. The predicted molar refractivity (Wildman–Crippen MR) is 127 cm³/mol. The molecule has 2 aliphatic carbocycles. The topological polar surface area (TPSA) is 84.0 Å². The number of esters is 1. The highest BCUT2D eigenvalue weighted by atomic mass is 16.5. The van der Waals surface area contributed by atoms with Crippen LogP contribution in [0.15, 0.2) is 48.5 Å². The molecule has 2 heterocycles. The van der Waals surface area contributed by atoms with Crippen molar-refractivity contribution in [3.05, 3.63) is 59.7 Å². The SMILES string of the molecule is Cc1cc(OC(=O)[C@H]2CC(=O)N(Cc3ccccc3)C2)ccc1N1C(=O)[C@@H]2[C@H]3CC[C@@H](C3)[C@@H]2C1=O. The molecule has 2 aliphatic heterocycles. The van der Waals surface area contributed by atoms with E-state index in [0.29, 0.717) is 41.9 Å². The van der Waals surface area contributed by atoms with Crippen molar-refractivity contribution in [2.24, 2.45) is 29.6 Å². The first-order valence-corrected chi connectivity index (χ1v) is 12.4. The molecule has 7 heteroatoms. The molecule has 3 amide bonds. The van der Waals surface area contributed by atoms with Crippen molar-refractivity contribution >= 4 is 29.4 Å². The Morgan fingerprint density at radius 1 is 0.971 bits per heavy atom. The van der Waals surface area contributed by atoms with Crippen LogP contribution in [0.25, 0.3) is 0 Å². The number of likely N-dealkylation sites (tertiary alicyclic amines) is 1. The number of imide groups is 1. The van der Waals surface area contributed by atoms with Crippen LogP contribution >= 0.6 is 0 Å². The van der Waals surface area contributed by atoms with Crippen LogP contribution in [0.1, 0.15) is 36.8 Å². The van der Waals surface area contributed by atoms with Gasteiger partial charge in [0.15, 0.2) is 0 Å². The highest BCUT2D eigenvalue weighted by Crippen LogP contribution is 2.56. The molecule has 180 valence electrons. The van der Waals surface area contributed by atoms with Gasteiger partial charge in [0.2, 0.25) is 17.7 Å². The fourth-order valence-corrected chi connectivity index (χ4v) is 6.67. The maximum atomic E-state index is 13.2. The fourth-order valence-electron chi connectivity index (χ4n) is 6.67. The molecule has 5 atom stereocenters. The summed E-state index contributed by atoms with van der Waals surface area (Å²) in [5.41, 5.74) is 2.29. The Labute approximate surface area is 204 Å². The van der Waals surface area contributed by atoms with Gasteiger partial charge in [-0.2, -0.15) is 0 Å². The number of nitrogens with zero attached hydrogens (tertiary/aromatic N) is 2. The molecule has 6 rings (SSSR count). The van der Waals surface area contributed by atoms with E-state index in [0.717, 1.165) is 24.8 Å². The summed E-state index contributed by atoms with van der Waals surface area (Å²) >= 11 is 0. The summed E-state index contributed by atoms with van der Waals surface area (Å²) in [4.78, 5) is 54.6. The van der Waals surface area contributed by atoms with E-state index in [1.165, 1.54) is 4.90 Å². The minimum absolute atomic E-state index is 0.0621. The molecule has 2 saturated heterocycles. The van der Waals surface area contributed by atoms with Crippen LogP contribution in [0.2, 0.25) is 0 Å². The van der Waals surface area contributed by atoms with Crippen LogP contribution in [0.5, 0.6) is 5.75 Å². The molecular formula is C28H28N2O5. The third-order valence-corrected chi connectivity index (χ3v) is 8.32. The minimum Gasteiger partial charge on any atom is -0.426 e. The van der Waals surface area contributed by atoms with Gasteiger partial charge >= 0.3 is 5.97 Å². The summed E-state index contributed by atoms with van der Waals surface area (Å²) in [5.74, 6) is -0.509. The largest absolute Gasteiger partial charge is 0.426 e. The van der Waals surface area contributed by atoms with Crippen molar-refractivity contribution in [3.63, 3.8) is 0 Å². The molecule has 2 aromatic carbocycles. The first kappa shape index (κ1) is 22.0. The second-order valence-corrected chi connectivity index (χ2v) is 10.4. The molecule has 2 bridgehead atoms. The van der Waals surface area contributed by atoms with Crippen LogP contribution in [-0.4, -0.2) is 35.1 Å². The Balaban J connectivity index is 1.13. The fraction of sp³-hybridized carbons (Fsp3) is 0.429. The Morgan fingerprint density at radius 3 is 2.31 bits per heavy atom. The zero-order valence-corrected chi connectivity index (χ0v) is 19.7. The van der Waals surface area contributed by atoms with Crippen LogP contribution in [-0.2, 0) is 25.7 Å². The van der Waals surface area contributed by atoms with Gasteiger partial charge in [-0.25, -0.2) is 4.90 Å². The Kier molecular flexibility index (Phi) is 5.24. The standard InChI is InChI=1S/C28H28N2O5/c1-16-11-21(35-28(34)20-13-23(31)29(15-20)14-17-5-3-2-4-6-17)9-10-22(16)30-26(32)24-18-7-8-19(12-18)25(24)27(30)33/h2-6,9-11,18-20,24-25H,7-8,12-15H2,1H3/t18-,19-,20-,24-,25+/m0/s1. The first-order valence-electron chi connectivity index (χ1n) is 12.4. The highest BCUT2D eigenvalue weighted by Gasteiger charge is 2.61. The summed E-state index contributed by atoms with van der Waals surface area (Å²) in [6.07, 6.45) is 3.21. The van der Waals surface area contributed by atoms with Gasteiger partial charge in [0.1, 0.15) is 5.75 Å². The predicted octanol–water partition coefficient (Wildman–Crippen LogP) is 3.48. The molecular weight excluding hydrogens is 444 g/mol. The van der Waals surface area contributed by atoms with Gasteiger partial charge in [-0.1, -0.05) is 30.3 Å². The molecule has 0 unspecified atom stereocenters. The van der Waals surface area contributed by atoms with Crippen LogP contribution < -0.4 is 9.64 Å². The van der Waals surface area contributed by atoms with Crippen LogP contribution in [0.4, 0.5) is 5.69 Å². The molecule has 4 fully saturated rings. The average molecular weight is 473 g/mol. The summed E-state index contributed by atoms with van der Waals surface area (Å²) in [6, 6.07) is 14.7. The average Bonchev–Trinajstić information content (AvgIpc) is 3.60. The Morgan fingerprint density at radius 2 is 1.66 bits per heavy atom. The molecule has 35 heavy (non-hydrogen) atoms. The maximum absolute atomic E-state index is 13.2. The van der Waals surface area contributed by atoms with Crippen LogP contribution in [0.3, 0.4) is 0 Å². The molecule has 0 spiro atoms. The lowest BCUT2D eigenvalue weighted by atomic mass is 9.81. The van der Waals surface area contributed by atoms with E-state index in [2.05, 4.69) is 0 Å². The normalized spacial score (nSPS) is 29.3. The van der Waals surface area contributed by atoms with Gasteiger partial charge in [-0.15, -0.1) is 0 Å². The van der Waals surface area contributed by atoms with Gasteiger partial charge in [-0.05, 0) is 67.3 Å². The molecule has 2 aromatic rings. The Hall–Kier alpha value is -3.48. The third-order valence-electron chi connectivity index (χ3n) is 8.32. The second kappa shape index (κ2) is 8.33. The van der Waals surface area contributed by atoms with Crippen molar-refractivity contribution < 1.29 is 23.9 Å². The van der Waals surface area contributed by atoms with E-state index >= 15 is 0 Å². The number of fused-ring (bicyclic) bond motifs is 5. The lowest BCUT2D eigenvalue weighted by molar-refractivity contribution is -0.139. The van der Waals surface area contributed by atoms with E-state index in [4.69, 9.17) is 4.74 Å². The van der Waals surface area contributed by atoms with E-state index in [9.17, 15) is 19.2 Å². The van der Waals surface area contributed by atoms with Crippen molar-refractivity contribution in [1.82, 2.24) is 4.90 Å². The first-order chi connectivity index (χ1) is 16.9. The van der Waals surface area contributed by atoms with E-state index in [1.54, 1.807) is 23.1 Å². The number of carbonyl (C=O) groups excluding carboxylic acids is 4. The summed E-state index contributed by atoms with van der Waals surface area (Å²) in [5, 5.41) is 0. The van der Waals surface area contributed by atoms with Crippen molar-refractivity contribution in [2.45, 2.75) is 39.2 Å². The molecule has 4 aliphatic rings. The number of aryl methyl sites for hydroxylation is 1. The molecule has 0 radical (unpaired) electrons. The number of hydrogen-bond donors (Lipinski definition) is 0. The van der Waals surface area contributed by atoms with Gasteiger partial charge in [0.05, 0.1) is 23.4 Å². The minimum atomic E-state index is -0.525. The molecule has 0 aromatic heterocycles. The lowest BCUT2D eigenvalue weighted by Crippen LogP contribution is -2.33. The van der Waals surface area contributed by atoms with E-state index < -0.39 is 11.9 Å². The van der Waals surface area contributed by atoms with Gasteiger partial charge in [-0.3, -0.25) is 19.2 Å². The molecule has 0 N–H and O–H groups in total. The zero-order chi connectivity index (χ0) is 24.3. The summed E-state index contributed by atoms with van der Waals surface area (Å²) in [6.45, 7) is 2.61. The van der Waals surface area contributed by atoms with E-state index in [-0.39, 0.29) is 36.0 Å². The van der Waals surface area contributed by atoms with Gasteiger partial charge in [0.25, 0.3) is 0 Å². The van der Waals surface area contributed by atoms with Crippen molar-refractivity contribution in [3.8, 4) is 5.75 Å². The number of anilines is 1. The van der Waals surface area contributed by atoms with E-state index in [1.807, 2.05) is 37.3 Å². The Bertz CT molecular complexity index is 1200. The number of rotatable bonds is 5. The summed E-state index contributed by atoms with van der Waals surface area (Å²) < 4.78 is 5.61. The third kappa shape index (κ3) is 3.65. The number of benzene rings is 2. The monoisotopic (exact) mass is 472 g/mol. The maximum Gasteiger partial charge on any atom is 0.316 e. The van der Waals surface area contributed by atoms with Gasteiger partial charge < -0.3 is 9.64 Å². The number of ether oxygens (including phenoxy) is 1. The summed E-state index contributed by atoms with van der Waals surface area (Å²) in [7, 11) is 0.